The van der Waals surface area contributed by atoms with Gasteiger partial charge >= 0.3 is 6.03 Å². The van der Waals surface area contributed by atoms with Crippen LogP contribution in [0.3, 0.4) is 0 Å². The van der Waals surface area contributed by atoms with Gasteiger partial charge in [0, 0.05) is 24.4 Å². The molecule has 0 radical (unpaired) electrons. The monoisotopic (exact) mass is 234 g/mol. The van der Waals surface area contributed by atoms with Gasteiger partial charge in [0.2, 0.25) is 0 Å². The Bertz CT molecular complexity index is 389. The van der Waals surface area contributed by atoms with E-state index in [4.69, 9.17) is 4.74 Å². The van der Waals surface area contributed by atoms with E-state index in [1.54, 1.807) is 7.11 Å². The zero-order chi connectivity index (χ0) is 12.1. The molecule has 2 rings (SSSR count). The summed E-state index contributed by atoms with van der Waals surface area (Å²) in [6.45, 7) is 0.500. The molecule has 1 fully saturated rings. The molecule has 1 aromatic carbocycles. The third kappa shape index (κ3) is 3.20. The van der Waals surface area contributed by atoms with Crippen LogP contribution < -0.4 is 10.6 Å². The number of nitrogens with one attached hydrogen (secondary N) is 2. The molecule has 0 saturated heterocycles. The van der Waals surface area contributed by atoms with E-state index in [0.717, 1.165) is 24.1 Å². The summed E-state index contributed by atoms with van der Waals surface area (Å²) in [6.07, 6.45) is 3.39. The Morgan fingerprint density at radius 2 is 2.18 bits per heavy atom. The van der Waals surface area contributed by atoms with Crippen LogP contribution in [0.15, 0.2) is 24.3 Å². The predicted molar refractivity (Wildman–Crippen MR) is 66.9 cm³/mol. The summed E-state index contributed by atoms with van der Waals surface area (Å²) >= 11 is 0. The van der Waals surface area contributed by atoms with E-state index in [0.29, 0.717) is 12.6 Å². The number of methoxy groups -OCH3 is 1. The summed E-state index contributed by atoms with van der Waals surface area (Å²) in [5, 5.41) is 5.81. The lowest BCUT2D eigenvalue weighted by Crippen LogP contribution is -2.42. The summed E-state index contributed by atoms with van der Waals surface area (Å²) in [6, 6.07) is 7.89. The minimum Gasteiger partial charge on any atom is -0.380 e. The molecular weight excluding hydrogens is 216 g/mol. The van der Waals surface area contributed by atoms with Crippen molar-refractivity contribution in [1.29, 1.82) is 0 Å². The van der Waals surface area contributed by atoms with Gasteiger partial charge in [-0.15, -0.1) is 0 Å². The maximum Gasteiger partial charge on any atom is 0.319 e. The lowest BCUT2D eigenvalue weighted by atomic mass is 9.93. The van der Waals surface area contributed by atoms with Crippen molar-refractivity contribution in [3.05, 3.63) is 29.8 Å². The van der Waals surface area contributed by atoms with Crippen molar-refractivity contribution in [2.24, 2.45) is 0 Å². The van der Waals surface area contributed by atoms with Gasteiger partial charge in [0.15, 0.2) is 0 Å². The van der Waals surface area contributed by atoms with Crippen molar-refractivity contribution in [2.75, 3.05) is 12.4 Å². The zero-order valence-corrected chi connectivity index (χ0v) is 10.0. The summed E-state index contributed by atoms with van der Waals surface area (Å²) in [7, 11) is 1.64. The van der Waals surface area contributed by atoms with E-state index in [9.17, 15) is 4.79 Å². The molecule has 4 heteroatoms. The van der Waals surface area contributed by atoms with E-state index >= 15 is 0 Å². The van der Waals surface area contributed by atoms with Gasteiger partial charge in [-0.2, -0.15) is 0 Å². The molecule has 0 aromatic heterocycles. The lowest BCUT2D eigenvalue weighted by molar-refractivity contribution is 0.185. The van der Waals surface area contributed by atoms with Crippen LogP contribution in [0, 0.1) is 0 Å². The van der Waals surface area contributed by atoms with Crippen LogP contribution in [0.5, 0.6) is 0 Å². The van der Waals surface area contributed by atoms with Gasteiger partial charge in [-0.3, -0.25) is 0 Å². The number of anilines is 1. The van der Waals surface area contributed by atoms with Crippen molar-refractivity contribution in [3.8, 4) is 0 Å². The molecule has 0 spiro atoms. The number of ether oxygens (including phenoxy) is 1. The van der Waals surface area contributed by atoms with E-state index in [1.165, 1.54) is 6.42 Å². The average Bonchev–Trinajstić information content (AvgIpc) is 2.27. The van der Waals surface area contributed by atoms with Crippen LogP contribution in [0.25, 0.3) is 0 Å². The van der Waals surface area contributed by atoms with Crippen LogP contribution in [-0.2, 0) is 11.3 Å². The number of carbonyl (C=O) groups is 1. The van der Waals surface area contributed by atoms with E-state index in [1.807, 2.05) is 24.3 Å². The summed E-state index contributed by atoms with van der Waals surface area (Å²) in [5.74, 6) is 0. The second-order valence-electron chi connectivity index (χ2n) is 4.32. The molecule has 17 heavy (non-hydrogen) atoms. The number of benzene rings is 1. The highest BCUT2D eigenvalue weighted by atomic mass is 16.5. The maximum absolute atomic E-state index is 11.7. The Kier molecular flexibility index (Phi) is 3.98. The highest BCUT2D eigenvalue weighted by Gasteiger charge is 2.19. The number of carbonyl (C=O) groups excluding carboxylic acids is 1. The standard InChI is InChI=1S/C13H18N2O2/c1-17-9-10-5-2-3-8-12(10)15-13(16)14-11-6-4-7-11/h2-3,5,8,11H,4,6-7,9H2,1H3,(H2,14,15,16). The quantitative estimate of drug-likeness (QED) is 0.841. The molecule has 4 nitrogen and oxygen atoms in total. The van der Waals surface area contributed by atoms with Crippen molar-refractivity contribution >= 4 is 11.7 Å². The van der Waals surface area contributed by atoms with Gasteiger partial charge in [0.05, 0.1) is 6.61 Å². The van der Waals surface area contributed by atoms with Gasteiger partial charge in [-0.25, -0.2) is 4.79 Å². The van der Waals surface area contributed by atoms with Crippen molar-refractivity contribution < 1.29 is 9.53 Å². The highest BCUT2D eigenvalue weighted by molar-refractivity contribution is 5.90. The van der Waals surface area contributed by atoms with Gasteiger partial charge in [-0.05, 0) is 25.3 Å². The fourth-order valence-corrected chi connectivity index (χ4v) is 1.82. The average molecular weight is 234 g/mol. The van der Waals surface area contributed by atoms with Crippen molar-refractivity contribution in [1.82, 2.24) is 5.32 Å². The number of amides is 2. The molecule has 0 bridgehead atoms. The molecule has 1 aromatic rings. The topological polar surface area (TPSA) is 50.4 Å². The minimum atomic E-state index is -0.127. The minimum absolute atomic E-state index is 0.127. The fourth-order valence-electron chi connectivity index (χ4n) is 1.82. The number of rotatable bonds is 4. The second kappa shape index (κ2) is 5.68. The second-order valence-corrected chi connectivity index (χ2v) is 4.32. The number of hydrogen-bond acceptors (Lipinski definition) is 2. The summed E-state index contributed by atoms with van der Waals surface area (Å²) in [5.41, 5.74) is 1.80. The number of para-hydroxylation sites is 1. The zero-order valence-electron chi connectivity index (χ0n) is 10.0. The smallest absolute Gasteiger partial charge is 0.319 e. The summed E-state index contributed by atoms with van der Waals surface area (Å²) in [4.78, 5) is 11.7. The molecule has 0 heterocycles. The molecule has 92 valence electrons. The predicted octanol–water partition coefficient (Wildman–Crippen LogP) is 2.51. The molecule has 0 unspecified atom stereocenters. The number of hydrogen-bond donors (Lipinski definition) is 2. The van der Waals surface area contributed by atoms with E-state index in [2.05, 4.69) is 10.6 Å². The molecule has 0 aliphatic heterocycles. The molecule has 2 N–H and O–H groups in total. The van der Waals surface area contributed by atoms with E-state index in [-0.39, 0.29) is 6.03 Å². The van der Waals surface area contributed by atoms with Crippen LogP contribution >= 0.6 is 0 Å². The van der Waals surface area contributed by atoms with Crippen molar-refractivity contribution in [3.63, 3.8) is 0 Å². The number of urea groups is 1. The van der Waals surface area contributed by atoms with Crippen LogP contribution in [0.4, 0.5) is 10.5 Å². The first kappa shape index (κ1) is 11.9. The van der Waals surface area contributed by atoms with E-state index < -0.39 is 0 Å². The first-order chi connectivity index (χ1) is 8.29. The Hall–Kier alpha value is -1.55. The molecular formula is C13H18N2O2. The maximum atomic E-state index is 11.7. The molecule has 1 aliphatic carbocycles. The highest BCUT2D eigenvalue weighted by Crippen LogP contribution is 2.19. The lowest BCUT2D eigenvalue weighted by Gasteiger charge is -2.26. The fraction of sp³-hybridized carbons (Fsp3) is 0.462. The van der Waals surface area contributed by atoms with Crippen LogP contribution in [0.2, 0.25) is 0 Å². The molecule has 1 saturated carbocycles. The molecule has 1 aliphatic rings. The normalized spacial score (nSPS) is 15.1. The van der Waals surface area contributed by atoms with Crippen LogP contribution in [0.1, 0.15) is 24.8 Å². The van der Waals surface area contributed by atoms with Gasteiger partial charge in [-0.1, -0.05) is 18.2 Å². The Balaban J connectivity index is 1.94. The Morgan fingerprint density at radius 3 is 2.82 bits per heavy atom. The SMILES string of the molecule is COCc1ccccc1NC(=O)NC1CCC1. The molecule has 0 atom stereocenters. The van der Waals surface area contributed by atoms with Gasteiger partial charge < -0.3 is 15.4 Å². The first-order valence-corrected chi connectivity index (χ1v) is 5.94. The third-order valence-corrected chi connectivity index (χ3v) is 3.01. The Labute approximate surface area is 101 Å². The first-order valence-electron chi connectivity index (χ1n) is 5.94. The summed E-state index contributed by atoms with van der Waals surface area (Å²) < 4.78 is 5.09. The molecule has 2 amide bonds. The van der Waals surface area contributed by atoms with Gasteiger partial charge in [0.1, 0.15) is 0 Å². The van der Waals surface area contributed by atoms with Gasteiger partial charge in [0.25, 0.3) is 0 Å². The third-order valence-electron chi connectivity index (χ3n) is 3.01. The van der Waals surface area contributed by atoms with Crippen LogP contribution in [-0.4, -0.2) is 19.2 Å². The Morgan fingerprint density at radius 1 is 1.41 bits per heavy atom. The van der Waals surface area contributed by atoms with Crippen molar-refractivity contribution in [2.45, 2.75) is 31.9 Å². The largest absolute Gasteiger partial charge is 0.380 e.